The van der Waals surface area contributed by atoms with Gasteiger partial charge >= 0.3 is 0 Å². The van der Waals surface area contributed by atoms with E-state index in [1.807, 2.05) is 48.2 Å². The first-order valence-electron chi connectivity index (χ1n) is 9.88. The summed E-state index contributed by atoms with van der Waals surface area (Å²) >= 11 is 0. The lowest BCUT2D eigenvalue weighted by Gasteiger charge is -2.34. The molecule has 9 nitrogen and oxygen atoms in total. The molecule has 1 saturated heterocycles. The summed E-state index contributed by atoms with van der Waals surface area (Å²) in [6.45, 7) is 5.49. The average molecular weight is 403 g/mol. The predicted molar refractivity (Wildman–Crippen MR) is 110 cm³/mol. The summed E-state index contributed by atoms with van der Waals surface area (Å²) in [7, 11) is 0. The normalized spacial score (nSPS) is 15.0. The van der Waals surface area contributed by atoms with Gasteiger partial charge in [0.25, 0.3) is 5.91 Å². The largest absolute Gasteiger partial charge is 0.337 e. The van der Waals surface area contributed by atoms with Crippen molar-refractivity contribution in [3.05, 3.63) is 59.5 Å². The van der Waals surface area contributed by atoms with Crippen molar-refractivity contribution in [2.24, 2.45) is 0 Å². The Morgan fingerprint density at radius 3 is 2.73 bits per heavy atom. The van der Waals surface area contributed by atoms with Gasteiger partial charge in [0, 0.05) is 44.5 Å². The van der Waals surface area contributed by atoms with Gasteiger partial charge in [-0.15, -0.1) is 0 Å². The van der Waals surface area contributed by atoms with Gasteiger partial charge in [-0.3, -0.25) is 14.7 Å². The zero-order valence-electron chi connectivity index (χ0n) is 16.6. The van der Waals surface area contributed by atoms with Crippen LogP contribution in [-0.2, 0) is 6.54 Å². The van der Waals surface area contributed by atoms with Gasteiger partial charge in [-0.05, 0) is 37.3 Å². The zero-order chi connectivity index (χ0) is 20.5. The molecule has 0 spiro atoms. The number of H-pyrrole nitrogens is 1. The number of nitrogens with one attached hydrogen (secondary N) is 1. The van der Waals surface area contributed by atoms with Gasteiger partial charge in [0.15, 0.2) is 5.82 Å². The molecule has 0 saturated carbocycles. The highest BCUT2D eigenvalue weighted by Gasteiger charge is 2.23. The number of hydrogen-bond acceptors (Lipinski definition) is 7. The minimum absolute atomic E-state index is 0.0322. The highest BCUT2D eigenvalue weighted by Crippen LogP contribution is 2.21. The molecular weight excluding hydrogens is 382 g/mol. The van der Waals surface area contributed by atoms with Gasteiger partial charge in [-0.2, -0.15) is 0 Å². The Morgan fingerprint density at radius 2 is 2.00 bits per heavy atom. The third-order valence-electron chi connectivity index (χ3n) is 5.42. The lowest BCUT2D eigenvalue weighted by atomic mass is 10.1. The second kappa shape index (κ2) is 7.68. The summed E-state index contributed by atoms with van der Waals surface area (Å²) in [4.78, 5) is 29.3. The quantitative estimate of drug-likeness (QED) is 0.557. The monoisotopic (exact) mass is 403 g/mol. The number of carbonyl (C=O) groups is 1. The Hall–Kier alpha value is -3.59. The van der Waals surface area contributed by atoms with Crippen LogP contribution in [-0.4, -0.2) is 67.2 Å². The Kier molecular flexibility index (Phi) is 4.72. The van der Waals surface area contributed by atoms with Crippen LogP contribution in [0.15, 0.2) is 47.2 Å². The maximum absolute atomic E-state index is 13.0. The van der Waals surface area contributed by atoms with Crippen molar-refractivity contribution in [1.29, 1.82) is 0 Å². The molecule has 0 atom stereocenters. The van der Waals surface area contributed by atoms with Gasteiger partial charge in [0.2, 0.25) is 0 Å². The van der Waals surface area contributed by atoms with Crippen LogP contribution in [0, 0.1) is 6.92 Å². The number of aryl methyl sites for hydroxylation is 1. The van der Waals surface area contributed by atoms with E-state index >= 15 is 0 Å². The molecule has 1 N–H and O–H groups in total. The number of aromatic amines is 1. The maximum Gasteiger partial charge on any atom is 0.254 e. The van der Waals surface area contributed by atoms with E-state index in [0.717, 1.165) is 41.2 Å². The van der Waals surface area contributed by atoms with Gasteiger partial charge < -0.3 is 9.88 Å². The molecule has 9 heteroatoms. The first-order chi connectivity index (χ1) is 14.7. The second-order valence-corrected chi connectivity index (χ2v) is 7.40. The highest BCUT2D eigenvalue weighted by atomic mass is 16.6. The molecule has 0 aliphatic carbocycles. The summed E-state index contributed by atoms with van der Waals surface area (Å²) in [6.07, 6.45) is 1.73. The molecule has 1 aliphatic heterocycles. The molecule has 0 bridgehead atoms. The highest BCUT2D eigenvalue weighted by molar-refractivity contribution is 5.97. The van der Waals surface area contributed by atoms with E-state index in [1.165, 1.54) is 0 Å². The van der Waals surface area contributed by atoms with E-state index in [2.05, 4.69) is 30.2 Å². The molecule has 4 heterocycles. The van der Waals surface area contributed by atoms with Crippen molar-refractivity contribution in [3.63, 3.8) is 0 Å². The first kappa shape index (κ1) is 18.4. The number of amides is 1. The number of fused-ring (bicyclic) bond motifs is 1. The number of carbonyl (C=O) groups excluding carboxylic acids is 1. The summed E-state index contributed by atoms with van der Waals surface area (Å²) < 4.78 is 4.77. The third kappa shape index (κ3) is 3.55. The molecule has 1 amide bonds. The molecule has 0 radical (unpaired) electrons. The van der Waals surface area contributed by atoms with Crippen molar-refractivity contribution in [2.45, 2.75) is 13.5 Å². The SMILES string of the molecule is Cc1nonc1CN1CCN(C(=O)c2ccc3nc(-c4ccccn4)[nH]c3c2)CC1. The number of piperazine rings is 1. The molecule has 30 heavy (non-hydrogen) atoms. The predicted octanol–water partition coefficient (Wildman–Crippen LogP) is 2.27. The minimum Gasteiger partial charge on any atom is -0.337 e. The number of hydrogen-bond donors (Lipinski definition) is 1. The zero-order valence-corrected chi connectivity index (χ0v) is 16.6. The number of pyridine rings is 1. The molecule has 5 rings (SSSR count). The Morgan fingerprint density at radius 1 is 1.13 bits per heavy atom. The maximum atomic E-state index is 13.0. The summed E-state index contributed by atoms with van der Waals surface area (Å²) in [5.74, 6) is 0.728. The van der Waals surface area contributed by atoms with E-state index in [-0.39, 0.29) is 5.91 Å². The smallest absolute Gasteiger partial charge is 0.254 e. The van der Waals surface area contributed by atoms with Gasteiger partial charge in [-0.25, -0.2) is 9.61 Å². The third-order valence-corrected chi connectivity index (χ3v) is 5.42. The molecular formula is C21H21N7O2. The number of nitrogens with zero attached hydrogens (tertiary/aromatic N) is 6. The van der Waals surface area contributed by atoms with Crippen LogP contribution in [0.5, 0.6) is 0 Å². The fraction of sp³-hybridized carbons (Fsp3) is 0.286. The van der Waals surface area contributed by atoms with Crippen molar-refractivity contribution in [3.8, 4) is 11.5 Å². The first-order valence-corrected chi connectivity index (χ1v) is 9.88. The Labute approximate surface area is 172 Å². The topological polar surface area (TPSA) is 104 Å². The number of rotatable bonds is 4. The summed E-state index contributed by atoms with van der Waals surface area (Å²) in [5, 5.41) is 7.76. The van der Waals surface area contributed by atoms with Crippen LogP contribution in [0.2, 0.25) is 0 Å². The van der Waals surface area contributed by atoms with Gasteiger partial charge in [0.1, 0.15) is 17.1 Å². The van der Waals surface area contributed by atoms with Crippen LogP contribution in [0.25, 0.3) is 22.6 Å². The van der Waals surface area contributed by atoms with E-state index in [1.54, 1.807) is 6.20 Å². The van der Waals surface area contributed by atoms with Gasteiger partial charge in [-0.1, -0.05) is 16.4 Å². The molecule has 1 aliphatic rings. The van der Waals surface area contributed by atoms with Crippen LogP contribution in [0.1, 0.15) is 21.7 Å². The van der Waals surface area contributed by atoms with E-state index in [0.29, 0.717) is 31.0 Å². The fourth-order valence-corrected chi connectivity index (χ4v) is 3.66. The molecule has 4 aromatic rings. The van der Waals surface area contributed by atoms with E-state index in [4.69, 9.17) is 4.63 Å². The van der Waals surface area contributed by atoms with Crippen molar-refractivity contribution in [2.75, 3.05) is 26.2 Å². The van der Waals surface area contributed by atoms with E-state index in [9.17, 15) is 4.79 Å². The van der Waals surface area contributed by atoms with Crippen LogP contribution in [0.3, 0.4) is 0 Å². The fourth-order valence-electron chi connectivity index (χ4n) is 3.66. The second-order valence-electron chi connectivity index (χ2n) is 7.40. The molecule has 1 aromatic carbocycles. The van der Waals surface area contributed by atoms with Crippen LogP contribution >= 0.6 is 0 Å². The Balaban J connectivity index is 1.27. The lowest BCUT2D eigenvalue weighted by molar-refractivity contribution is 0.0625. The van der Waals surface area contributed by atoms with E-state index < -0.39 is 0 Å². The average Bonchev–Trinajstić information content (AvgIpc) is 3.40. The molecule has 1 fully saturated rings. The number of benzene rings is 1. The van der Waals surface area contributed by atoms with Crippen LogP contribution in [0.4, 0.5) is 0 Å². The lowest BCUT2D eigenvalue weighted by Crippen LogP contribution is -2.48. The molecule has 0 unspecified atom stereocenters. The Bertz CT molecular complexity index is 1180. The molecule has 152 valence electrons. The van der Waals surface area contributed by atoms with Gasteiger partial charge in [0.05, 0.1) is 11.0 Å². The van der Waals surface area contributed by atoms with Crippen LogP contribution < -0.4 is 0 Å². The number of aromatic nitrogens is 5. The summed E-state index contributed by atoms with van der Waals surface area (Å²) in [6, 6.07) is 11.3. The standard InChI is InChI=1S/C21H21N7O2/c1-14-19(26-30-25-14)13-27-8-10-28(11-9-27)21(29)15-5-6-16-18(12-15)24-20(23-16)17-4-2-3-7-22-17/h2-7,12H,8-11,13H2,1H3,(H,23,24). The summed E-state index contributed by atoms with van der Waals surface area (Å²) in [5.41, 5.74) is 4.73. The van der Waals surface area contributed by atoms with Crippen molar-refractivity contribution >= 4 is 16.9 Å². The minimum atomic E-state index is 0.0322. The number of imidazole rings is 1. The van der Waals surface area contributed by atoms with Crippen molar-refractivity contribution in [1.82, 2.24) is 35.1 Å². The van der Waals surface area contributed by atoms with Crippen molar-refractivity contribution < 1.29 is 9.42 Å². The molecule has 3 aromatic heterocycles.